The number of hydrogen-bond donors (Lipinski definition) is 2. The summed E-state index contributed by atoms with van der Waals surface area (Å²) in [4.78, 5) is 0. The highest BCUT2D eigenvalue weighted by molar-refractivity contribution is 7.80. The van der Waals surface area contributed by atoms with Crippen molar-refractivity contribution in [3.8, 4) is 5.75 Å². The molecule has 134 valence electrons. The van der Waals surface area contributed by atoms with Gasteiger partial charge in [0.15, 0.2) is 10.9 Å². The van der Waals surface area contributed by atoms with E-state index < -0.39 is 0 Å². The van der Waals surface area contributed by atoms with Crippen molar-refractivity contribution in [1.82, 2.24) is 9.78 Å². The molecule has 0 saturated heterocycles. The quantitative estimate of drug-likeness (QED) is 0.635. The van der Waals surface area contributed by atoms with E-state index in [0.717, 1.165) is 11.4 Å². The molecule has 26 heavy (non-hydrogen) atoms. The molecule has 2 N–H and O–H groups in total. The second-order valence-electron chi connectivity index (χ2n) is 5.50. The Bertz CT molecular complexity index is 897. The van der Waals surface area contributed by atoms with Crippen molar-refractivity contribution in [3.63, 3.8) is 0 Å². The van der Waals surface area contributed by atoms with E-state index in [0.29, 0.717) is 29.6 Å². The summed E-state index contributed by atoms with van der Waals surface area (Å²) in [5.41, 5.74) is 1.35. The molecule has 0 aliphatic carbocycles. The van der Waals surface area contributed by atoms with Gasteiger partial charge in [-0.3, -0.25) is 4.68 Å². The van der Waals surface area contributed by atoms with Gasteiger partial charge in [0, 0.05) is 17.8 Å². The van der Waals surface area contributed by atoms with Crippen LogP contribution in [0.3, 0.4) is 0 Å². The average Bonchev–Trinajstić information content (AvgIpc) is 3.06. The zero-order valence-electron chi connectivity index (χ0n) is 14.3. The Morgan fingerprint density at radius 3 is 2.69 bits per heavy atom. The summed E-state index contributed by atoms with van der Waals surface area (Å²) in [6, 6.07) is 16.0. The van der Waals surface area contributed by atoms with Gasteiger partial charge in [0.05, 0.1) is 18.8 Å². The van der Waals surface area contributed by atoms with E-state index >= 15 is 0 Å². The van der Waals surface area contributed by atoms with E-state index in [2.05, 4.69) is 15.7 Å². The highest BCUT2D eigenvalue weighted by Gasteiger charge is 2.07. The first-order valence-corrected chi connectivity index (χ1v) is 8.63. The number of ether oxygens (including phenoxy) is 1. The Morgan fingerprint density at radius 1 is 1.12 bits per heavy atom. The Balaban J connectivity index is 1.62. The molecule has 0 radical (unpaired) electrons. The number of aromatic nitrogens is 2. The first-order chi connectivity index (χ1) is 12.7. The topological polar surface area (TPSA) is 51.1 Å². The van der Waals surface area contributed by atoms with Gasteiger partial charge in [-0.1, -0.05) is 30.3 Å². The lowest BCUT2D eigenvalue weighted by Crippen LogP contribution is -2.20. The van der Waals surface area contributed by atoms with Crippen molar-refractivity contribution in [3.05, 3.63) is 72.2 Å². The van der Waals surface area contributed by atoms with Crippen LogP contribution in [0, 0.1) is 5.82 Å². The van der Waals surface area contributed by atoms with Gasteiger partial charge in [-0.05, 0) is 37.3 Å². The third-order valence-corrected chi connectivity index (χ3v) is 3.81. The molecule has 7 heteroatoms. The average molecular weight is 370 g/mol. The minimum absolute atomic E-state index is 0.248. The summed E-state index contributed by atoms with van der Waals surface area (Å²) < 4.78 is 21.0. The molecular weight excluding hydrogens is 351 g/mol. The van der Waals surface area contributed by atoms with E-state index in [1.807, 2.05) is 31.2 Å². The summed E-state index contributed by atoms with van der Waals surface area (Å²) >= 11 is 5.33. The Hall–Kier alpha value is -2.93. The molecule has 0 unspecified atom stereocenters. The fraction of sp³-hybridized carbons (Fsp3) is 0.158. The molecule has 3 aromatic rings. The lowest BCUT2D eigenvalue weighted by molar-refractivity contribution is 0.342. The van der Waals surface area contributed by atoms with Crippen LogP contribution in [0.5, 0.6) is 5.75 Å². The van der Waals surface area contributed by atoms with Crippen molar-refractivity contribution in [2.75, 3.05) is 17.2 Å². The van der Waals surface area contributed by atoms with Gasteiger partial charge in [-0.2, -0.15) is 5.10 Å². The lowest BCUT2D eigenvalue weighted by Gasteiger charge is -2.13. The molecule has 0 amide bonds. The van der Waals surface area contributed by atoms with Gasteiger partial charge < -0.3 is 15.4 Å². The first-order valence-electron chi connectivity index (χ1n) is 8.22. The summed E-state index contributed by atoms with van der Waals surface area (Å²) in [5, 5.41) is 10.9. The molecule has 1 aromatic heterocycles. The summed E-state index contributed by atoms with van der Waals surface area (Å²) in [5.74, 6) is 1.05. The van der Waals surface area contributed by atoms with Crippen LogP contribution in [-0.4, -0.2) is 21.5 Å². The van der Waals surface area contributed by atoms with Crippen molar-refractivity contribution >= 4 is 28.8 Å². The monoisotopic (exact) mass is 370 g/mol. The molecule has 2 aromatic carbocycles. The molecule has 1 heterocycles. The van der Waals surface area contributed by atoms with Crippen LogP contribution in [0.2, 0.25) is 0 Å². The number of rotatable bonds is 6. The highest BCUT2D eigenvalue weighted by Crippen LogP contribution is 2.23. The fourth-order valence-electron chi connectivity index (χ4n) is 2.44. The van der Waals surface area contributed by atoms with Crippen molar-refractivity contribution in [2.24, 2.45) is 0 Å². The highest BCUT2D eigenvalue weighted by atomic mass is 32.1. The Labute approximate surface area is 156 Å². The number of thiocarbonyl (C=S) groups is 1. The van der Waals surface area contributed by atoms with Crippen molar-refractivity contribution in [1.29, 1.82) is 0 Å². The molecule has 0 bridgehead atoms. The Kier molecular flexibility index (Phi) is 5.80. The first kappa shape index (κ1) is 17.9. The van der Waals surface area contributed by atoms with Gasteiger partial charge >= 0.3 is 0 Å². The third-order valence-electron chi connectivity index (χ3n) is 3.61. The van der Waals surface area contributed by atoms with Crippen LogP contribution >= 0.6 is 12.2 Å². The maximum atomic E-state index is 13.7. The molecular formula is C19H19FN4OS. The Morgan fingerprint density at radius 2 is 1.88 bits per heavy atom. The van der Waals surface area contributed by atoms with Crippen LogP contribution in [-0.2, 0) is 6.54 Å². The summed E-state index contributed by atoms with van der Waals surface area (Å²) in [6.07, 6.45) is 1.77. The second-order valence-corrected chi connectivity index (χ2v) is 5.91. The molecule has 3 rings (SSSR count). The minimum atomic E-state index is -0.248. The molecule has 0 atom stereocenters. The van der Waals surface area contributed by atoms with E-state index in [1.165, 1.54) is 6.07 Å². The van der Waals surface area contributed by atoms with Gasteiger partial charge in [0.2, 0.25) is 0 Å². The molecule has 0 aliphatic heterocycles. The second kappa shape index (κ2) is 8.44. The summed E-state index contributed by atoms with van der Waals surface area (Å²) in [6.45, 7) is 2.84. The molecule has 0 aliphatic rings. The fourth-order valence-corrected chi connectivity index (χ4v) is 2.65. The van der Waals surface area contributed by atoms with Crippen molar-refractivity contribution in [2.45, 2.75) is 13.5 Å². The maximum Gasteiger partial charge on any atom is 0.176 e. The largest absolute Gasteiger partial charge is 0.492 e. The number of hydrogen-bond acceptors (Lipinski definition) is 3. The van der Waals surface area contributed by atoms with E-state index in [1.54, 1.807) is 35.1 Å². The SMILES string of the molecule is CCOc1ccccc1NC(=S)Nc1ccn(Cc2ccccc2F)n1. The third kappa shape index (κ3) is 4.58. The maximum absolute atomic E-state index is 13.7. The van der Waals surface area contributed by atoms with Crippen LogP contribution in [0.1, 0.15) is 12.5 Å². The smallest absolute Gasteiger partial charge is 0.176 e. The number of halogens is 1. The van der Waals surface area contributed by atoms with E-state index in [4.69, 9.17) is 17.0 Å². The zero-order chi connectivity index (χ0) is 18.4. The minimum Gasteiger partial charge on any atom is -0.492 e. The molecule has 5 nitrogen and oxygen atoms in total. The van der Waals surface area contributed by atoms with Crippen molar-refractivity contribution < 1.29 is 9.13 Å². The predicted molar refractivity (Wildman–Crippen MR) is 105 cm³/mol. The number of nitrogens with one attached hydrogen (secondary N) is 2. The zero-order valence-corrected chi connectivity index (χ0v) is 15.1. The van der Waals surface area contributed by atoms with E-state index in [-0.39, 0.29) is 5.82 Å². The molecule has 0 spiro atoms. The van der Waals surface area contributed by atoms with Crippen LogP contribution in [0.4, 0.5) is 15.9 Å². The molecule has 0 fully saturated rings. The van der Waals surface area contributed by atoms with Crippen LogP contribution < -0.4 is 15.4 Å². The molecule has 0 saturated carbocycles. The predicted octanol–water partition coefficient (Wildman–Crippen LogP) is 4.28. The standard InChI is InChI=1S/C19H19FN4OS/c1-2-25-17-10-6-5-9-16(17)21-19(26)22-18-11-12-24(23-18)13-14-7-3-4-8-15(14)20/h3-12H,2,13H2,1H3,(H2,21,22,23,26). The number of benzene rings is 2. The number of para-hydroxylation sites is 2. The van der Waals surface area contributed by atoms with E-state index in [9.17, 15) is 4.39 Å². The van der Waals surface area contributed by atoms with Gasteiger partial charge in [-0.25, -0.2) is 4.39 Å². The van der Waals surface area contributed by atoms with Gasteiger partial charge in [0.25, 0.3) is 0 Å². The number of nitrogens with zero attached hydrogens (tertiary/aromatic N) is 2. The van der Waals surface area contributed by atoms with Gasteiger partial charge in [0.1, 0.15) is 11.6 Å². The summed E-state index contributed by atoms with van der Waals surface area (Å²) in [7, 11) is 0. The van der Waals surface area contributed by atoms with Gasteiger partial charge in [-0.15, -0.1) is 0 Å². The lowest BCUT2D eigenvalue weighted by atomic mass is 10.2. The number of anilines is 2. The van der Waals surface area contributed by atoms with Crippen LogP contribution in [0.15, 0.2) is 60.8 Å². The van der Waals surface area contributed by atoms with Crippen LogP contribution in [0.25, 0.3) is 0 Å². The normalized spacial score (nSPS) is 10.4.